The molecular weight excluding hydrogens is 410 g/mol. The second-order valence-corrected chi connectivity index (χ2v) is 9.30. The lowest BCUT2D eigenvalue weighted by Crippen LogP contribution is -2.25. The van der Waals surface area contributed by atoms with Crippen LogP contribution in [0.15, 0.2) is 88.5 Å². The van der Waals surface area contributed by atoms with E-state index in [9.17, 15) is 9.59 Å². The fraction of sp³-hybridized carbons (Fsp3) is 0.103. The number of rotatable bonds is 0. The molecule has 0 saturated heterocycles. The predicted molar refractivity (Wildman–Crippen MR) is 132 cm³/mol. The van der Waals surface area contributed by atoms with Gasteiger partial charge in [-0.15, -0.1) is 0 Å². The lowest BCUT2D eigenvalue weighted by molar-refractivity contribution is 0.419. The van der Waals surface area contributed by atoms with Crippen molar-refractivity contribution >= 4 is 38.1 Å². The number of ether oxygens (including phenoxy) is 1. The van der Waals surface area contributed by atoms with E-state index >= 15 is 0 Å². The minimum atomic E-state index is -0.312. The van der Waals surface area contributed by atoms with Crippen LogP contribution in [0.25, 0.3) is 38.1 Å². The summed E-state index contributed by atoms with van der Waals surface area (Å²) in [5, 5.41) is 2.32. The van der Waals surface area contributed by atoms with Gasteiger partial charge in [-0.3, -0.25) is 9.59 Å². The van der Waals surface area contributed by atoms with Crippen LogP contribution in [0.5, 0.6) is 11.5 Å². The van der Waals surface area contributed by atoms with Crippen LogP contribution in [-0.4, -0.2) is 4.40 Å². The normalized spacial score (nSPS) is 14.5. The fourth-order valence-electron chi connectivity index (χ4n) is 5.52. The molecule has 0 bridgehead atoms. The second-order valence-electron chi connectivity index (χ2n) is 9.30. The molecule has 2 aromatic heterocycles. The number of para-hydroxylation sites is 3. The topological polar surface area (TPSA) is 47.8 Å². The van der Waals surface area contributed by atoms with Gasteiger partial charge in [0.05, 0.1) is 21.9 Å². The maximum absolute atomic E-state index is 13.7. The van der Waals surface area contributed by atoms with Gasteiger partial charge in [-0.1, -0.05) is 50.2 Å². The average molecular weight is 429 g/mol. The largest absolute Gasteiger partial charge is 0.457 e. The van der Waals surface area contributed by atoms with Crippen molar-refractivity contribution in [1.29, 1.82) is 0 Å². The summed E-state index contributed by atoms with van der Waals surface area (Å²) in [4.78, 5) is 26.9. The van der Waals surface area contributed by atoms with Gasteiger partial charge < -0.3 is 9.14 Å². The lowest BCUT2D eigenvalue weighted by atomic mass is 9.75. The Bertz CT molecular complexity index is 1910. The quantitative estimate of drug-likeness (QED) is 0.220. The minimum Gasteiger partial charge on any atom is -0.457 e. The molecule has 6 aromatic rings. The Morgan fingerprint density at radius 3 is 2.12 bits per heavy atom. The van der Waals surface area contributed by atoms with E-state index in [0.29, 0.717) is 32.8 Å². The number of aromatic nitrogens is 1. The van der Waals surface area contributed by atoms with E-state index < -0.39 is 0 Å². The molecule has 0 amide bonds. The van der Waals surface area contributed by atoms with Crippen LogP contribution in [-0.2, 0) is 5.41 Å². The SMILES string of the molecule is CC1(C)c2ccccc2Oc2cc3c(=O)c4cccc5c(=O)c6ccccc6n(c3cc21)c54. The van der Waals surface area contributed by atoms with Crippen LogP contribution in [0.1, 0.15) is 25.0 Å². The van der Waals surface area contributed by atoms with Crippen molar-refractivity contribution in [3.05, 3.63) is 110 Å². The molecular formula is C29H19NO3. The van der Waals surface area contributed by atoms with Crippen molar-refractivity contribution in [2.45, 2.75) is 19.3 Å². The van der Waals surface area contributed by atoms with Gasteiger partial charge >= 0.3 is 0 Å². The van der Waals surface area contributed by atoms with E-state index in [1.54, 1.807) is 12.1 Å². The zero-order valence-corrected chi connectivity index (χ0v) is 18.2. The number of pyridine rings is 2. The number of hydrogen-bond donors (Lipinski definition) is 0. The summed E-state index contributed by atoms with van der Waals surface area (Å²) in [6.07, 6.45) is 0. The Morgan fingerprint density at radius 1 is 0.636 bits per heavy atom. The molecule has 0 saturated carbocycles. The van der Waals surface area contributed by atoms with Crippen molar-refractivity contribution in [2.24, 2.45) is 0 Å². The van der Waals surface area contributed by atoms with Crippen LogP contribution in [0.4, 0.5) is 0 Å². The molecule has 0 radical (unpaired) electrons. The minimum absolute atomic E-state index is 0.0505. The van der Waals surface area contributed by atoms with Gasteiger partial charge in [0.2, 0.25) is 0 Å². The van der Waals surface area contributed by atoms with Crippen LogP contribution in [0.2, 0.25) is 0 Å². The molecule has 33 heavy (non-hydrogen) atoms. The Kier molecular flexibility index (Phi) is 3.34. The van der Waals surface area contributed by atoms with Crippen molar-refractivity contribution in [3.63, 3.8) is 0 Å². The van der Waals surface area contributed by atoms with Gasteiger partial charge in [0.1, 0.15) is 11.5 Å². The molecule has 3 heterocycles. The van der Waals surface area contributed by atoms with E-state index in [2.05, 4.69) is 30.4 Å². The number of hydrogen-bond acceptors (Lipinski definition) is 3. The summed E-state index contributed by atoms with van der Waals surface area (Å²) in [6, 6.07) is 25.0. The van der Waals surface area contributed by atoms with Crippen molar-refractivity contribution in [2.75, 3.05) is 0 Å². The number of benzene rings is 4. The summed E-state index contributed by atoms with van der Waals surface area (Å²) >= 11 is 0. The Hall–Kier alpha value is -4.18. The summed E-state index contributed by atoms with van der Waals surface area (Å²) in [6.45, 7) is 4.36. The highest BCUT2D eigenvalue weighted by Gasteiger charge is 2.35. The zero-order valence-electron chi connectivity index (χ0n) is 18.2. The highest BCUT2D eigenvalue weighted by atomic mass is 16.5. The monoisotopic (exact) mass is 429 g/mol. The van der Waals surface area contributed by atoms with E-state index in [1.807, 2.05) is 54.6 Å². The fourth-order valence-corrected chi connectivity index (χ4v) is 5.52. The third-order valence-corrected chi connectivity index (χ3v) is 7.18. The van der Waals surface area contributed by atoms with E-state index in [-0.39, 0.29) is 16.3 Å². The van der Waals surface area contributed by atoms with Crippen molar-refractivity contribution in [1.82, 2.24) is 4.40 Å². The molecule has 0 spiro atoms. The second kappa shape index (κ2) is 5.99. The van der Waals surface area contributed by atoms with E-state index in [0.717, 1.165) is 27.9 Å². The Morgan fingerprint density at radius 2 is 1.30 bits per heavy atom. The van der Waals surface area contributed by atoms with Gasteiger partial charge in [-0.2, -0.15) is 0 Å². The standard InChI is InChI=1S/C29H19NO3/c1-29(2)20-11-4-6-13-24(20)33-25-14-19-23(15-21(25)29)30-22-12-5-3-8-16(22)27(31)17-9-7-10-18(26(17)30)28(19)32/h3-15H,1-2H3. The van der Waals surface area contributed by atoms with Gasteiger partial charge in [-0.05, 0) is 42.5 Å². The highest BCUT2D eigenvalue weighted by Crippen LogP contribution is 2.48. The van der Waals surface area contributed by atoms with Crippen molar-refractivity contribution < 1.29 is 4.74 Å². The Balaban J connectivity index is 1.76. The first-order valence-electron chi connectivity index (χ1n) is 11.0. The lowest BCUT2D eigenvalue weighted by Gasteiger charge is -2.34. The third-order valence-electron chi connectivity index (χ3n) is 7.18. The first-order valence-corrected chi connectivity index (χ1v) is 11.0. The summed E-state index contributed by atoms with van der Waals surface area (Å²) in [5.74, 6) is 1.52. The molecule has 0 unspecified atom stereocenters. The van der Waals surface area contributed by atoms with Gasteiger partial charge in [-0.25, -0.2) is 0 Å². The molecule has 0 fully saturated rings. The third kappa shape index (κ3) is 2.20. The molecule has 0 aliphatic carbocycles. The van der Waals surface area contributed by atoms with Crippen LogP contribution < -0.4 is 15.6 Å². The summed E-state index contributed by atoms with van der Waals surface area (Å²) < 4.78 is 8.36. The van der Waals surface area contributed by atoms with Crippen molar-refractivity contribution in [3.8, 4) is 11.5 Å². The van der Waals surface area contributed by atoms with Gasteiger partial charge in [0, 0.05) is 32.7 Å². The molecule has 1 aliphatic rings. The van der Waals surface area contributed by atoms with Gasteiger partial charge in [0.25, 0.3) is 0 Å². The molecule has 158 valence electrons. The molecule has 0 N–H and O–H groups in total. The first kappa shape index (κ1) is 18.4. The maximum atomic E-state index is 13.7. The van der Waals surface area contributed by atoms with E-state index in [1.165, 1.54) is 0 Å². The Labute approximate surface area is 188 Å². The number of fused-ring (bicyclic) bond motifs is 6. The molecule has 4 aromatic carbocycles. The van der Waals surface area contributed by atoms with Gasteiger partial charge in [0.15, 0.2) is 10.9 Å². The van der Waals surface area contributed by atoms with Crippen LogP contribution >= 0.6 is 0 Å². The molecule has 7 rings (SSSR count). The number of nitrogens with zero attached hydrogens (tertiary/aromatic N) is 1. The molecule has 4 nitrogen and oxygen atoms in total. The van der Waals surface area contributed by atoms with Crippen LogP contribution in [0, 0.1) is 0 Å². The molecule has 1 aliphatic heterocycles. The zero-order chi connectivity index (χ0) is 22.5. The molecule has 0 atom stereocenters. The molecule has 4 heteroatoms. The summed E-state index contributed by atoms with van der Waals surface area (Å²) in [7, 11) is 0. The summed E-state index contributed by atoms with van der Waals surface area (Å²) in [5.41, 5.74) is 3.93. The smallest absolute Gasteiger partial charge is 0.197 e. The van der Waals surface area contributed by atoms with Crippen LogP contribution in [0.3, 0.4) is 0 Å². The average Bonchev–Trinajstić information content (AvgIpc) is 2.83. The predicted octanol–water partition coefficient (Wildman–Crippen LogP) is 5.99. The first-order chi connectivity index (χ1) is 16.0. The maximum Gasteiger partial charge on any atom is 0.197 e. The van der Waals surface area contributed by atoms with E-state index in [4.69, 9.17) is 4.74 Å². The highest BCUT2D eigenvalue weighted by molar-refractivity contribution is 6.08.